The van der Waals surface area contributed by atoms with E-state index in [1.807, 2.05) is 81.0 Å². The summed E-state index contributed by atoms with van der Waals surface area (Å²) in [6, 6.07) is 32.3. The highest BCUT2D eigenvalue weighted by atomic mass is 15.2. The van der Waals surface area contributed by atoms with Gasteiger partial charge in [0.1, 0.15) is 0 Å². The van der Waals surface area contributed by atoms with E-state index >= 15 is 0 Å². The van der Waals surface area contributed by atoms with E-state index in [0.29, 0.717) is 5.92 Å². The van der Waals surface area contributed by atoms with Crippen LogP contribution >= 0.6 is 0 Å². The van der Waals surface area contributed by atoms with Crippen molar-refractivity contribution in [2.75, 3.05) is 22.2 Å². The molecule has 54 heavy (non-hydrogen) atoms. The normalized spacial score (nSPS) is 15.3. The fourth-order valence-corrected chi connectivity index (χ4v) is 6.62. The second-order valence-corrected chi connectivity index (χ2v) is 12.8. The molecule has 5 nitrogen and oxygen atoms in total. The molecule has 1 N–H and O–H groups in total. The van der Waals surface area contributed by atoms with Crippen molar-refractivity contribution >= 4 is 34.5 Å². The van der Waals surface area contributed by atoms with Crippen molar-refractivity contribution in [1.82, 2.24) is 9.97 Å². The lowest BCUT2D eigenvalue weighted by Gasteiger charge is -2.24. The van der Waals surface area contributed by atoms with Crippen LogP contribution in [0.3, 0.4) is 0 Å². The maximum atomic E-state index is 4.35. The van der Waals surface area contributed by atoms with Crippen molar-refractivity contribution in [2.45, 2.75) is 39.0 Å². The first kappa shape index (κ1) is 37.3. The molecule has 270 valence electrons. The molecule has 0 radical (unpaired) electrons. The van der Waals surface area contributed by atoms with Crippen molar-refractivity contribution in [3.8, 4) is 11.1 Å². The van der Waals surface area contributed by atoms with Crippen LogP contribution in [0.5, 0.6) is 0 Å². The minimum atomic E-state index is 0.334. The number of fused-ring (bicyclic) bond motifs is 3. The zero-order chi connectivity index (χ0) is 37.4. The average molecular weight is 708 g/mol. The Balaban J connectivity index is 0.000000560. The van der Waals surface area contributed by atoms with Gasteiger partial charge in [0, 0.05) is 66.2 Å². The number of rotatable bonds is 9. The molecule has 0 fully saturated rings. The van der Waals surface area contributed by atoms with Gasteiger partial charge in [-0.3, -0.25) is 9.97 Å². The highest BCUT2D eigenvalue weighted by Crippen LogP contribution is 2.51. The maximum Gasteiger partial charge on any atom is 0.0594 e. The second-order valence-electron chi connectivity index (χ2n) is 12.8. The SMILES string of the molecule is C1=CCCC=C1.CC.CN(c1cccnc1)c1cc(N/C=C/C=C\C=C/c2cccnc2)cc(-c2ccc3c(c2)C2CC=CC=C2N3c2ccccc2)c1. The van der Waals surface area contributed by atoms with Crippen LogP contribution in [0.1, 0.15) is 50.2 Å². The molecule has 2 aromatic heterocycles. The van der Waals surface area contributed by atoms with Crippen LogP contribution in [0.4, 0.5) is 28.4 Å². The summed E-state index contributed by atoms with van der Waals surface area (Å²) in [6.45, 7) is 4.00. The number of hydrogen-bond acceptors (Lipinski definition) is 5. The van der Waals surface area contributed by atoms with Crippen LogP contribution in [0.15, 0.2) is 195 Å². The van der Waals surface area contributed by atoms with Crippen LogP contribution in [0.2, 0.25) is 0 Å². The summed E-state index contributed by atoms with van der Waals surface area (Å²) in [4.78, 5) is 13.1. The minimum absolute atomic E-state index is 0.334. The summed E-state index contributed by atoms with van der Waals surface area (Å²) < 4.78 is 0. The van der Waals surface area contributed by atoms with E-state index in [1.165, 1.54) is 41.0 Å². The zero-order valence-electron chi connectivity index (χ0n) is 31.5. The third-order valence-electron chi connectivity index (χ3n) is 9.26. The fraction of sp³-hybridized carbons (Fsp3) is 0.143. The number of anilines is 5. The highest BCUT2D eigenvalue weighted by Gasteiger charge is 2.35. The molecular formula is C49H49N5. The molecule has 8 rings (SSSR count). The van der Waals surface area contributed by atoms with Crippen LogP contribution in [-0.4, -0.2) is 17.0 Å². The molecule has 3 aliphatic rings. The van der Waals surface area contributed by atoms with Crippen molar-refractivity contribution in [1.29, 1.82) is 0 Å². The summed E-state index contributed by atoms with van der Waals surface area (Å²) in [5, 5.41) is 3.50. The first-order chi connectivity index (χ1) is 26.7. The molecule has 5 aromatic rings. The Labute approximate surface area is 321 Å². The lowest BCUT2D eigenvalue weighted by Crippen LogP contribution is -2.14. The van der Waals surface area contributed by atoms with Gasteiger partial charge in [-0.25, -0.2) is 0 Å². The predicted octanol–water partition coefficient (Wildman–Crippen LogP) is 13.1. The molecule has 0 saturated heterocycles. The van der Waals surface area contributed by atoms with Crippen LogP contribution < -0.4 is 15.1 Å². The summed E-state index contributed by atoms with van der Waals surface area (Å²) in [5.41, 5.74) is 11.7. The Hall–Kier alpha value is -6.46. The van der Waals surface area contributed by atoms with E-state index in [1.54, 1.807) is 12.4 Å². The van der Waals surface area contributed by atoms with Gasteiger partial charge >= 0.3 is 0 Å². The molecule has 0 amide bonds. The Morgan fingerprint density at radius 2 is 1.48 bits per heavy atom. The minimum Gasteiger partial charge on any atom is -0.362 e. The smallest absolute Gasteiger partial charge is 0.0594 e. The number of allylic oxidation sites excluding steroid dienone is 12. The third-order valence-corrected chi connectivity index (χ3v) is 9.26. The monoisotopic (exact) mass is 707 g/mol. The number of hydrogen-bond donors (Lipinski definition) is 1. The summed E-state index contributed by atoms with van der Waals surface area (Å²) in [7, 11) is 2.08. The first-order valence-corrected chi connectivity index (χ1v) is 18.9. The topological polar surface area (TPSA) is 44.3 Å². The predicted molar refractivity (Wildman–Crippen MR) is 231 cm³/mol. The second kappa shape index (κ2) is 19.4. The summed E-state index contributed by atoms with van der Waals surface area (Å²) >= 11 is 0. The standard InChI is InChI=1S/C41H35N5.C6H8.C2H6/c1-45(36-17-12-23-43-30-36)37-26-33(25-34(28-37)44-24-10-3-2-5-13-31-14-11-22-42-29-31)32-20-21-41-39(27-32)38-18-8-9-19-40(38)46(41)35-15-6-4-7-16-35;1-2-4-6-5-3-1;1-2/h2-17,19-30,38,44H,18H2,1H3;1-4H,5-6H2;1-2H3/b3-2-,13-5-,24-10+;;. The Bertz CT molecular complexity index is 2150. The van der Waals surface area contributed by atoms with E-state index in [0.717, 1.165) is 34.6 Å². The van der Waals surface area contributed by atoms with Gasteiger partial charge in [0.15, 0.2) is 0 Å². The van der Waals surface area contributed by atoms with Crippen molar-refractivity contribution in [2.24, 2.45) is 0 Å². The number of aromatic nitrogens is 2. The molecule has 0 spiro atoms. The number of para-hydroxylation sites is 1. The molecule has 0 bridgehead atoms. The molecule has 3 aromatic carbocycles. The number of benzene rings is 3. The van der Waals surface area contributed by atoms with Gasteiger partial charge in [-0.1, -0.05) is 105 Å². The van der Waals surface area contributed by atoms with Gasteiger partial charge in [0.2, 0.25) is 0 Å². The fourth-order valence-electron chi connectivity index (χ4n) is 6.62. The lowest BCUT2D eigenvalue weighted by molar-refractivity contribution is 0.820. The molecule has 3 heterocycles. The van der Waals surface area contributed by atoms with Gasteiger partial charge in [-0.2, -0.15) is 0 Å². The van der Waals surface area contributed by atoms with E-state index < -0.39 is 0 Å². The van der Waals surface area contributed by atoms with Gasteiger partial charge < -0.3 is 15.1 Å². The molecule has 1 atom stereocenters. The van der Waals surface area contributed by atoms with E-state index in [9.17, 15) is 0 Å². The summed E-state index contributed by atoms with van der Waals surface area (Å²) in [6.07, 6.45) is 38.1. The molecular weight excluding hydrogens is 659 g/mol. The van der Waals surface area contributed by atoms with Crippen LogP contribution in [0.25, 0.3) is 17.2 Å². The zero-order valence-corrected chi connectivity index (χ0v) is 31.5. The number of nitrogens with one attached hydrogen (secondary N) is 1. The van der Waals surface area contributed by atoms with Gasteiger partial charge in [-0.15, -0.1) is 0 Å². The molecule has 0 saturated carbocycles. The third kappa shape index (κ3) is 9.50. The maximum absolute atomic E-state index is 4.35. The number of nitrogens with zero attached hydrogens (tertiary/aromatic N) is 4. The molecule has 1 unspecified atom stereocenters. The van der Waals surface area contributed by atoms with E-state index in [4.69, 9.17) is 0 Å². The quantitative estimate of drug-likeness (QED) is 0.155. The van der Waals surface area contributed by atoms with Gasteiger partial charge in [0.05, 0.1) is 11.9 Å². The molecule has 1 aliphatic heterocycles. The Morgan fingerprint density at radius 1 is 0.704 bits per heavy atom. The van der Waals surface area contributed by atoms with Crippen molar-refractivity contribution in [3.05, 3.63) is 206 Å². The molecule has 2 aliphatic carbocycles. The lowest BCUT2D eigenvalue weighted by atomic mass is 9.90. The van der Waals surface area contributed by atoms with Crippen molar-refractivity contribution in [3.63, 3.8) is 0 Å². The van der Waals surface area contributed by atoms with Crippen molar-refractivity contribution < 1.29 is 0 Å². The Morgan fingerprint density at radius 3 is 2.20 bits per heavy atom. The molecule has 5 heteroatoms. The largest absolute Gasteiger partial charge is 0.362 e. The number of pyridine rings is 2. The summed E-state index contributed by atoms with van der Waals surface area (Å²) in [5.74, 6) is 0.334. The van der Waals surface area contributed by atoms with E-state index in [2.05, 4.69) is 147 Å². The van der Waals surface area contributed by atoms with Crippen LogP contribution in [-0.2, 0) is 0 Å². The van der Waals surface area contributed by atoms with E-state index in [-0.39, 0.29) is 0 Å². The van der Waals surface area contributed by atoms with Gasteiger partial charge in [0.25, 0.3) is 0 Å². The first-order valence-electron chi connectivity index (χ1n) is 18.9. The Kier molecular flexibility index (Phi) is 13.4. The highest BCUT2D eigenvalue weighted by molar-refractivity contribution is 5.84. The average Bonchev–Trinajstić information content (AvgIpc) is 3.59. The van der Waals surface area contributed by atoms with Crippen LogP contribution in [0, 0.1) is 0 Å². The van der Waals surface area contributed by atoms with Gasteiger partial charge in [-0.05, 0) is 114 Å².